The Morgan fingerprint density at radius 1 is 1.33 bits per heavy atom. The van der Waals surface area contributed by atoms with Crippen LogP contribution in [0.1, 0.15) is 36.6 Å². The van der Waals surface area contributed by atoms with E-state index >= 15 is 0 Å². The van der Waals surface area contributed by atoms with Crippen LogP contribution in [0.2, 0.25) is 0 Å². The van der Waals surface area contributed by atoms with Gasteiger partial charge in [0.05, 0.1) is 0 Å². The van der Waals surface area contributed by atoms with Crippen molar-refractivity contribution in [2.24, 2.45) is 5.92 Å². The van der Waals surface area contributed by atoms with E-state index < -0.39 is 0 Å². The Kier molecular flexibility index (Phi) is 3.35. The average molecular weight is 245 g/mol. The second-order valence-corrected chi connectivity index (χ2v) is 5.89. The predicted molar refractivity (Wildman–Crippen MR) is 73.5 cm³/mol. The molecular weight excluding hydrogens is 222 g/mol. The molecular formula is C15H23N3. The van der Waals surface area contributed by atoms with Crippen molar-refractivity contribution in [1.82, 2.24) is 15.2 Å². The van der Waals surface area contributed by atoms with Gasteiger partial charge in [-0.15, -0.1) is 0 Å². The fraction of sp³-hybridized carbons (Fsp3) is 0.667. The number of hydrogen-bond donors (Lipinski definition) is 1. The summed E-state index contributed by atoms with van der Waals surface area (Å²) in [7, 11) is 2.24. The highest BCUT2D eigenvalue weighted by Crippen LogP contribution is 2.36. The van der Waals surface area contributed by atoms with E-state index in [4.69, 9.17) is 0 Å². The van der Waals surface area contributed by atoms with E-state index in [1.807, 2.05) is 6.92 Å². The predicted octanol–water partition coefficient (Wildman–Crippen LogP) is 2.13. The van der Waals surface area contributed by atoms with Gasteiger partial charge in [0.1, 0.15) is 0 Å². The van der Waals surface area contributed by atoms with Crippen molar-refractivity contribution < 1.29 is 0 Å². The maximum Gasteiger partial charge on any atom is 0.0401 e. The Labute approximate surface area is 110 Å². The maximum atomic E-state index is 4.45. The molecule has 3 rings (SSSR count). The van der Waals surface area contributed by atoms with Gasteiger partial charge in [-0.3, -0.25) is 9.88 Å². The molecule has 0 bridgehead atoms. The fourth-order valence-electron chi connectivity index (χ4n) is 3.03. The number of hydrogen-bond acceptors (Lipinski definition) is 3. The first kappa shape index (κ1) is 12.1. The van der Waals surface area contributed by atoms with E-state index in [2.05, 4.69) is 40.6 Å². The van der Waals surface area contributed by atoms with Gasteiger partial charge in [-0.1, -0.05) is 6.07 Å². The van der Waals surface area contributed by atoms with E-state index in [-0.39, 0.29) is 0 Å². The number of pyridine rings is 1. The average Bonchev–Trinajstić information content (AvgIpc) is 3.12. The van der Waals surface area contributed by atoms with Gasteiger partial charge in [0.2, 0.25) is 0 Å². The summed E-state index contributed by atoms with van der Waals surface area (Å²) in [5.74, 6) is 0.736. The van der Waals surface area contributed by atoms with Gasteiger partial charge >= 0.3 is 0 Å². The van der Waals surface area contributed by atoms with Gasteiger partial charge in [0.15, 0.2) is 0 Å². The highest BCUT2D eigenvalue weighted by molar-refractivity contribution is 5.19. The topological polar surface area (TPSA) is 28.2 Å². The molecule has 1 aliphatic heterocycles. The summed E-state index contributed by atoms with van der Waals surface area (Å²) in [4.78, 5) is 6.93. The van der Waals surface area contributed by atoms with E-state index in [1.54, 1.807) is 0 Å². The molecule has 1 aromatic heterocycles. The maximum absolute atomic E-state index is 4.45. The summed E-state index contributed by atoms with van der Waals surface area (Å²) in [5.41, 5.74) is 2.48. The minimum atomic E-state index is 0.546. The molecule has 0 amide bonds. The van der Waals surface area contributed by atoms with Gasteiger partial charge in [-0.25, -0.2) is 0 Å². The highest BCUT2D eigenvalue weighted by atomic mass is 15.2. The first-order valence-electron chi connectivity index (χ1n) is 7.10. The van der Waals surface area contributed by atoms with Gasteiger partial charge in [-0.05, 0) is 57.3 Å². The minimum absolute atomic E-state index is 0.546. The molecule has 0 radical (unpaired) electrons. The summed E-state index contributed by atoms with van der Waals surface area (Å²) >= 11 is 0. The van der Waals surface area contributed by atoms with Crippen LogP contribution in [0.4, 0.5) is 0 Å². The third-order valence-corrected chi connectivity index (χ3v) is 4.30. The number of aryl methyl sites for hydroxylation is 1. The van der Waals surface area contributed by atoms with Gasteiger partial charge in [0.25, 0.3) is 0 Å². The van der Waals surface area contributed by atoms with E-state index in [0.717, 1.165) is 24.2 Å². The van der Waals surface area contributed by atoms with Crippen molar-refractivity contribution >= 4 is 0 Å². The lowest BCUT2D eigenvalue weighted by molar-refractivity contribution is 0.271. The van der Waals surface area contributed by atoms with E-state index in [9.17, 15) is 0 Å². The third kappa shape index (κ3) is 2.57. The molecule has 1 aliphatic carbocycles. The molecule has 2 heterocycles. The molecule has 2 unspecified atom stereocenters. The van der Waals surface area contributed by atoms with Crippen molar-refractivity contribution in [2.75, 3.05) is 20.1 Å². The molecule has 98 valence electrons. The second kappa shape index (κ2) is 4.98. The Bertz CT molecular complexity index is 397. The lowest BCUT2D eigenvalue weighted by Crippen LogP contribution is -2.29. The normalized spacial score (nSPS) is 28.8. The van der Waals surface area contributed by atoms with Crippen LogP contribution in [0, 0.1) is 12.8 Å². The summed E-state index contributed by atoms with van der Waals surface area (Å²) in [5, 5.41) is 3.68. The molecule has 0 aromatic carbocycles. The van der Waals surface area contributed by atoms with Gasteiger partial charge < -0.3 is 5.32 Å². The van der Waals surface area contributed by atoms with Crippen LogP contribution in [0.15, 0.2) is 18.3 Å². The molecule has 3 nitrogen and oxygen atoms in total. The highest BCUT2D eigenvalue weighted by Gasteiger charge is 2.34. The Morgan fingerprint density at radius 2 is 2.17 bits per heavy atom. The van der Waals surface area contributed by atoms with Crippen LogP contribution in [-0.2, 0) is 0 Å². The quantitative estimate of drug-likeness (QED) is 0.881. The molecule has 1 aromatic rings. The van der Waals surface area contributed by atoms with Crippen molar-refractivity contribution in [3.05, 3.63) is 29.6 Å². The van der Waals surface area contributed by atoms with Crippen molar-refractivity contribution in [2.45, 2.75) is 38.3 Å². The zero-order valence-corrected chi connectivity index (χ0v) is 11.4. The molecule has 1 N–H and O–H groups in total. The van der Waals surface area contributed by atoms with Crippen molar-refractivity contribution in [1.29, 1.82) is 0 Å². The van der Waals surface area contributed by atoms with Crippen LogP contribution in [0.25, 0.3) is 0 Å². The molecule has 1 saturated heterocycles. The fourth-order valence-corrected chi connectivity index (χ4v) is 3.03. The Hall–Kier alpha value is -0.930. The van der Waals surface area contributed by atoms with Crippen LogP contribution in [-0.4, -0.2) is 36.1 Å². The van der Waals surface area contributed by atoms with Crippen LogP contribution >= 0.6 is 0 Å². The number of likely N-dealkylation sites (tertiary alicyclic amines) is 1. The Balaban J connectivity index is 1.71. The number of rotatable bonds is 4. The SMILES string of the molecule is Cc1ccc(C2C(CNC3CC3)CCN2C)cn1. The summed E-state index contributed by atoms with van der Waals surface area (Å²) in [6.07, 6.45) is 6.11. The van der Waals surface area contributed by atoms with E-state index in [0.29, 0.717) is 6.04 Å². The molecule has 18 heavy (non-hydrogen) atoms. The number of nitrogens with one attached hydrogen (secondary N) is 1. The van der Waals surface area contributed by atoms with Crippen molar-refractivity contribution in [3.8, 4) is 0 Å². The third-order valence-electron chi connectivity index (χ3n) is 4.30. The molecule has 3 heteroatoms. The Morgan fingerprint density at radius 3 is 2.83 bits per heavy atom. The zero-order valence-electron chi connectivity index (χ0n) is 11.4. The monoisotopic (exact) mass is 245 g/mol. The number of nitrogens with zero attached hydrogens (tertiary/aromatic N) is 2. The van der Waals surface area contributed by atoms with E-state index in [1.165, 1.54) is 31.4 Å². The summed E-state index contributed by atoms with van der Waals surface area (Å²) in [6.45, 7) is 4.41. The van der Waals surface area contributed by atoms with Crippen LogP contribution in [0.3, 0.4) is 0 Å². The second-order valence-electron chi connectivity index (χ2n) is 5.89. The lowest BCUT2D eigenvalue weighted by Gasteiger charge is -2.25. The van der Waals surface area contributed by atoms with Crippen LogP contribution in [0.5, 0.6) is 0 Å². The lowest BCUT2D eigenvalue weighted by atomic mass is 9.94. The van der Waals surface area contributed by atoms with Crippen LogP contribution < -0.4 is 5.32 Å². The number of aromatic nitrogens is 1. The van der Waals surface area contributed by atoms with Crippen molar-refractivity contribution in [3.63, 3.8) is 0 Å². The largest absolute Gasteiger partial charge is 0.314 e. The zero-order chi connectivity index (χ0) is 12.5. The van der Waals surface area contributed by atoms with Gasteiger partial charge in [-0.2, -0.15) is 0 Å². The first-order chi connectivity index (χ1) is 8.74. The minimum Gasteiger partial charge on any atom is -0.314 e. The molecule has 2 fully saturated rings. The summed E-state index contributed by atoms with van der Waals surface area (Å²) in [6, 6.07) is 5.74. The molecule has 2 aliphatic rings. The molecule has 1 saturated carbocycles. The molecule has 2 atom stereocenters. The summed E-state index contributed by atoms with van der Waals surface area (Å²) < 4.78 is 0. The standard InChI is InChI=1S/C15H23N3/c1-11-3-4-12(9-16-11)15-13(7-8-18(15)2)10-17-14-5-6-14/h3-4,9,13-15,17H,5-8,10H2,1-2H3. The smallest absolute Gasteiger partial charge is 0.0401 e. The van der Waals surface area contributed by atoms with Gasteiger partial charge in [0, 0.05) is 30.5 Å². The molecule has 0 spiro atoms. The first-order valence-corrected chi connectivity index (χ1v) is 7.10.